The van der Waals surface area contributed by atoms with Gasteiger partial charge in [0, 0.05) is 24.0 Å². The van der Waals surface area contributed by atoms with Gasteiger partial charge in [0.1, 0.15) is 12.6 Å². The normalized spacial score (nSPS) is 11.9. The fraction of sp³-hybridized carbons (Fsp3) is 0.257. The summed E-state index contributed by atoms with van der Waals surface area (Å²) in [7, 11) is -4.15. The maximum atomic E-state index is 14.5. The minimum Gasteiger partial charge on any atom is -0.355 e. The number of aryl methyl sites for hydroxylation is 3. The van der Waals surface area contributed by atoms with Crippen LogP contribution in [0.25, 0.3) is 0 Å². The average Bonchev–Trinajstić information content (AvgIpc) is 3.00. The number of hydrogen-bond acceptors (Lipinski definition) is 4. The van der Waals surface area contributed by atoms with E-state index in [9.17, 15) is 18.0 Å². The summed E-state index contributed by atoms with van der Waals surface area (Å²) in [6.45, 7) is 7.44. The van der Waals surface area contributed by atoms with Crippen molar-refractivity contribution in [3.63, 3.8) is 0 Å². The molecule has 0 radical (unpaired) electrons. The van der Waals surface area contributed by atoms with Gasteiger partial charge in [-0.2, -0.15) is 0 Å². The zero-order valence-corrected chi connectivity index (χ0v) is 27.9. The lowest BCUT2D eigenvalue weighted by Gasteiger charge is -2.34. The van der Waals surface area contributed by atoms with Crippen LogP contribution in [-0.4, -0.2) is 44.3 Å². The Kier molecular flexibility index (Phi) is 11.0. The van der Waals surface area contributed by atoms with Gasteiger partial charge in [-0.1, -0.05) is 88.2 Å². The van der Waals surface area contributed by atoms with Crippen LogP contribution >= 0.6 is 15.9 Å². The number of rotatable bonds is 12. The largest absolute Gasteiger partial charge is 0.355 e. The highest BCUT2D eigenvalue weighted by Gasteiger charge is 2.35. The van der Waals surface area contributed by atoms with E-state index in [-0.39, 0.29) is 23.8 Å². The fourth-order valence-electron chi connectivity index (χ4n) is 4.97. The molecule has 0 aromatic heterocycles. The summed E-state index contributed by atoms with van der Waals surface area (Å²) in [4.78, 5) is 29.7. The molecule has 0 fully saturated rings. The molecule has 0 bridgehead atoms. The van der Waals surface area contributed by atoms with E-state index in [4.69, 9.17) is 0 Å². The Morgan fingerprint density at radius 2 is 1.45 bits per heavy atom. The van der Waals surface area contributed by atoms with E-state index < -0.39 is 28.5 Å². The number of sulfonamides is 1. The van der Waals surface area contributed by atoms with Crippen LogP contribution in [0, 0.1) is 20.8 Å². The summed E-state index contributed by atoms with van der Waals surface area (Å²) >= 11 is 3.46. The van der Waals surface area contributed by atoms with Crippen molar-refractivity contribution in [2.75, 3.05) is 17.4 Å². The number of carbonyl (C=O) groups is 2. The van der Waals surface area contributed by atoms with Gasteiger partial charge in [0.25, 0.3) is 10.0 Å². The van der Waals surface area contributed by atoms with Gasteiger partial charge in [0.05, 0.1) is 10.6 Å². The van der Waals surface area contributed by atoms with Gasteiger partial charge in [0.2, 0.25) is 11.8 Å². The summed E-state index contributed by atoms with van der Waals surface area (Å²) in [5.74, 6) is -0.793. The van der Waals surface area contributed by atoms with Crippen molar-refractivity contribution in [3.8, 4) is 0 Å². The molecular formula is C35H38BrN3O4S. The minimum absolute atomic E-state index is 0.0841. The van der Waals surface area contributed by atoms with E-state index >= 15 is 0 Å². The second-order valence-corrected chi connectivity index (χ2v) is 13.6. The third-order valence-corrected chi connectivity index (χ3v) is 9.71. The number of anilines is 1. The molecule has 4 rings (SSSR count). The van der Waals surface area contributed by atoms with Gasteiger partial charge in [-0.25, -0.2) is 8.42 Å². The summed E-state index contributed by atoms with van der Waals surface area (Å²) in [6.07, 6.45) is 0.267. The number of halogens is 1. The van der Waals surface area contributed by atoms with Gasteiger partial charge < -0.3 is 10.2 Å². The van der Waals surface area contributed by atoms with Crippen LogP contribution in [0.4, 0.5) is 5.69 Å². The molecule has 4 aromatic carbocycles. The fourth-order valence-corrected chi connectivity index (χ4v) is 6.71. The van der Waals surface area contributed by atoms with Crippen LogP contribution < -0.4 is 9.62 Å². The van der Waals surface area contributed by atoms with E-state index in [0.717, 1.165) is 26.7 Å². The number of amides is 2. The number of nitrogens with zero attached hydrogens (tertiary/aromatic N) is 2. The standard InChI is InChI=1S/C35H38BrN3O4S/c1-5-37-35(41)33(22-28-9-7-6-8-10-28)38(23-29-15-17-30(36)18-16-29)34(40)24-39(32-21-26(3)11-14-27(32)4)44(42,43)31-19-12-25(2)13-20-31/h6-21,33H,5,22-24H2,1-4H3,(H,37,41). The van der Waals surface area contributed by atoms with Crippen molar-refractivity contribution in [3.05, 3.63) is 129 Å². The lowest BCUT2D eigenvalue weighted by Crippen LogP contribution is -2.53. The summed E-state index contributed by atoms with van der Waals surface area (Å²) in [5, 5.41) is 2.89. The molecule has 230 valence electrons. The Balaban J connectivity index is 1.82. The van der Waals surface area contributed by atoms with Gasteiger partial charge in [0.15, 0.2) is 0 Å². The Labute approximate surface area is 269 Å². The predicted molar refractivity (Wildman–Crippen MR) is 179 cm³/mol. The van der Waals surface area contributed by atoms with E-state index in [1.807, 2.05) is 94.4 Å². The number of nitrogens with one attached hydrogen (secondary N) is 1. The van der Waals surface area contributed by atoms with Crippen molar-refractivity contribution >= 4 is 43.5 Å². The minimum atomic E-state index is -4.15. The first kappa shape index (κ1) is 33.0. The topological polar surface area (TPSA) is 86.8 Å². The molecule has 1 atom stereocenters. The maximum Gasteiger partial charge on any atom is 0.264 e. The van der Waals surface area contributed by atoms with Crippen LogP contribution in [0.3, 0.4) is 0 Å². The molecule has 9 heteroatoms. The van der Waals surface area contributed by atoms with Gasteiger partial charge >= 0.3 is 0 Å². The molecule has 1 N–H and O–H groups in total. The molecule has 7 nitrogen and oxygen atoms in total. The summed E-state index contributed by atoms with van der Waals surface area (Å²) in [6, 6.07) is 28.3. The zero-order valence-electron chi connectivity index (χ0n) is 25.5. The Bertz CT molecular complexity index is 1690. The number of likely N-dealkylation sites (N-methyl/N-ethyl adjacent to an activating group) is 1. The van der Waals surface area contributed by atoms with Crippen LogP contribution in [0.1, 0.15) is 34.7 Å². The van der Waals surface area contributed by atoms with Crippen molar-refractivity contribution in [1.29, 1.82) is 0 Å². The first-order valence-corrected chi connectivity index (χ1v) is 16.7. The molecule has 0 heterocycles. The van der Waals surface area contributed by atoms with Crippen molar-refractivity contribution in [2.24, 2.45) is 0 Å². The average molecular weight is 677 g/mol. The molecule has 1 unspecified atom stereocenters. The molecule has 2 amide bonds. The van der Waals surface area contributed by atoms with Crippen LogP contribution in [0.15, 0.2) is 106 Å². The SMILES string of the molecule is CCNC(=O)C(Cc1ccccc1)N(Cc1ccc(Br)cc1)C(=O)CN(c1cc(C)ccc1C)S(=O)(=O)c1ccc(C)cc1. The predicted octanol–water partition coefficient (Wildman–Crippen LogP) is 6.35. The number of carbonyl (C=O) groups excluding carboxylic acids is 2. The molecular weight excluding hydrogens is 638 g/mol. The maximum absolute atomic E-state index is 14.5. The molecule has 0 spiro atoms. The van der Waals surface area contributed by atoms with Crippen LogP contribution in [-0.2, 0) is 32.6 Å². The molecule has 0 saturated heterocycles. The van der Waals surface area contributed by atoms with Crippen LogP contribution in [0.2, 0.25) is 0 Å². The van der Waals surface area contributed by atoms with E-state index in [0.29, 0.717) is 17.8 Å². The lowest BCUT2D eigenvalue weighted by atomic mass is 10.0. The van der Waals surface area contributed by atoms with Crippen molar-refractivity contribution in [1.82, 2.24) is 10.2 Å². The highest BCUT2D eigenvalue weighted by Crippen LogP contribution is 2.29. The third kappa shape index (κ3) is 8.15. The summed E-state index contributed by atoms with van der Waals surface area (Å²) < 4.78 is 30.5. The molecule has 0 saturated carbocycles. The van der Waals surface area contributed by atoms with Crippen molar-refractivity contribution < 1.29 is 18.0 Å². The Hall–Kier alpha value is -3.95. The molecule has 4 aromatic rings. The van der Waals surface area contributed by atoms with Crippen molar-refractivity contribution in [2.45, 2.75) is 51.6 Å². The summed E-state index contributed by atoms with van der Waals surface area (Å²) in [5.41, 5.74) is 4.60. The molecule has 0 aliphatic carbocycles. The highest BCUT2D eigenvalue weighted by atomic mass is 79.9. The van der Waals surface area contributed by atoms with E-state index in [2.05, 4.69) is 21.2 Å². The highest BCUT2D eigenvalue weighted by molar-refractivity contribution is 9.10. The smallest absolute Gasteiger partial charge is 0.264 e. The Morgan fingerprint density at radius 3 is 2.09 bits per heavy atom. The molecule has 44 heavy (non-hydrogen) atoms. The van der Waals surface area contributed by atoms with Gasteiger partial charge in [-0.05, 0) is 80.3 Å². The number of benzene rings is 4. The van der Waals surface area contributed by atoms with Crippen LogP contribution in [0.5, 0.6) is 0 Å². The second kappa shape index (κ2) is 14.7. The monoisotopic (exact) mass is 675 g/mol. The second-order valence-electron chi connectivity index (χ2n) is 10.9. The molecule has 0 aliphatic rings. The molecule has 0 aliphatic heterocycles. The van der Waals surface area contributed by atoms with E-state index in [1.54, 1.807) is 30.3 Å². The first-order valence-electron chi connectivity index (χ1n) is 14.5. The van der Waals surface area contributed by atoms with Gasteiger partial charge in [-0.15, -0.1) is 0 Å². The third-order valence-electron chi connectivity index (χ3n) is 7.41. The zero-order chi connectivity index (χ0) is 31.9. The number of hydrogen-bond donors (Lipinski definition) is 1. The lowest BCUT2D eigenvalue weighted by molar-refractivity contribution is -0.140. The first-order chi connectivity index (χ1) is 21.0. The Morgan fingerprint density at radius 1 is 0.818 bits per heavy atom. The quantitative estimate of drug-likeness (QED) is 0.190. The van der Waals surface area contributed by atoms with Gasteiger partial charge in [-0.3, -0.25) is 13.9 Å². The van der Waals surface area contributed by atoms with E-state index in [1.165, 1.54) is 9.21 Å².